The Balaban J connectivity index is 1.16. The van der Waals surface area contributed by atoms with E-state index in [4.69, 9.17) is 4.74 Å². The molecule has 2 aliphatic carbocycles. The Morgan fingerprint density at radius 1 is 1.00 bits per heavy atom. The lowest BCUT2D eigenvalue weighted by Gasteiger charge is -2.43. The van der Waals surface area contributed by atoms with Gasteiger partial charge >= 0.3 is 16.8 Å². The number of fused-ring (bicyclic) bond motifs is 9. The predicted octanol–water partition coefficient (Wildman–Crippen LogP) is 1.64. The SMILES string of the molecule is O=C(O)CN1C(=O)[C@@H]2[C@H]3C[C@@H]([C@@H]2C1=O)[C@@H]1[C@H](c2ccc(OC(=O)C[C@H]4SC(=O)NC4=O)cc2)c2sc(=O)[nH]c2S[C@@H]31. The molecule has 212 valence electrons. The largest absolute Gasteiger partial charge is 0.480 e. The Morgan fingerprint density at radius 2 is 1.71 bits per heavy atom. The summed E-state index contributed by atoms with van der Waals surface area (Å²) in [4.78, 5) is 90.2. The standard InChI is InChI=1S/C26H21N3O9S3/c30-13(31)7-29-23(34)17-10-5-11(18(17)24(29)35)19-16(10)15(20-22(40-19)28-26(37)41-20)8-1-3-9(4-2-8)38-14(32)6-12-21(33)27-25(36)39-12/h1-4,10-12,15-19H,5-7H2,(H,28,37)(H,30,31)(H,27,33,36)/t10-,11-,12-,15+,16-,17+,18-,19+/m1/s1. The minimum Gasteiger partial charge on any atom is -0.480 e. The van der Waals surface area contributed by atoms with Gasteiger partial charge in [0, 0.05) is 16.0 Å². The van der Waals surface area contributed by atoms with E-state index in [9.17, 15) is 38.7 Å². The molecule has 3 N–H and O–H groups in total. The molecule has 3 aliphatic heterocycles. The Bertz CT molecular complexity index is 1600. The van der Waals surface area contributed by atoms with Crippen molar-refractivity contribution in [1.82, 2.24) is 15.2 Å². The van der Waals surface area contributed by atoms with Gasteiger partial charge in [-0.15, -0.1) is 11.8 Å². The van der Waals surface area contributed by atoms with Crippen LogP contribution in [-0.2, 0) is 24.0 Å². The van der Waals surface area contributed by atoms with Gasteiger partial charge in [0.2, 0.25) is 17.7 Å². The van der Waals surface area contributed by atoms with Crippen molar-refractivity contribution in [3.8, 4) is 5.75 Å². The second-order valence-electron chi connectivity index (χ2n) is 10.7. The van der Waals surface area contributed by atoms with E-state index in [1.54, 1.807) is 24.3 Å². The summed E-state index contributed by atoms with van der Waals surface area (Å²) in [7, 11) is 0. The summed E-state index contributed by atoms with van der Waals surface area (Å²) in [6.45, 7) is -0.642. The quantitative estimate of drug-likeness (QED) is 0.244. The molecule has 0 spiro atoms. The first-order valence-corrected chi connectivity index (χ1v) is 15.5. The van der Waals surface area contributed by atoms with Gasteiger partial charge in [-0.3, -0.25) is 43.8 Å². The smallest absolute Gasteiger partial charge is 0.323 e. The Labute approximate surface area is 243 Å². The number of thiazole rings is 1. The highest BCUT2D eigenvalue weighted by Gasteiger charge is 2.69. The minimum atomic E-state index is -1.23. The number of hydrogen-bond acceptors (Lipinski definition) is 11. The number of esters is 1. The van der Waals surface area contributed by atoms with Gasteiger partial charge in [0.15, 0.2) is 0 Å². The van der Waals surface area contributed by atoms with E-state index in [-0.39, 0.29) is 46.0 Å². The second-order valence-corrected chi connectivity index (χ2v) is 14.1. The zero-order valence-electron chi connectivity index (χ0n) is 20.9. The first kappa shape index (κ1) is 26.5. The number of benzene rings is 1. The number of imide groups is 2. The fourth-order valence-corrected chi connectivity index (χ4v) is 11.0. The third-order valence-electron chi connectivity index (χ3n) is 8.70. The van der Waals surface area contributed by atoms with E-state index in [2.05, 4.69) is 10.3 Å². The molecule has 41 heavy (non-hydrogen) atoms. The number of aromatic amines is 1. The van der Waals surface area contributed by atoms with Crippen molar-refractivity contribution in [2.45, 2.75) is 34.3 Å². The molecule has 2 aromatic rings. The molecule has 15 heteroatoms. The fourth-order valence-electron chi connectivity index (χ4n) is 7.34. The lowest BCUT2D eigenvalue weighted by molar-refractivity contribution is -0.149. The fraction of sp³-hybridized carbons (Fsp3) is 0.423. The van der Waals surface area contributed by atoms with E-state index in [0.717, 1.165) is 43.5 Å². The molecule has 12 nitrogen and oxygen atoms in total. The number of thioether (sulfide) groups is 2. The molecule has 7 rings (SSSR count). The predicted molar refractivity (Wildman–Crippen MR) is 144 cm³/mol. The molecule has 2 saturated heterocycles. The number of ether oxygens (including phenoxy) is 1. The molecule has 0 unspecified atom stereocenters. The summed E-state index contributed by atoms with van der Waals surface area (Å²) in [5.41, 5.74) is 0.858. The molecule has 2 bridgehead atoms. The van der Waals surface area contributed by atoms with Crippen LogP contribution in [0.15, 0.2) is 34.1 Å². The highest BCUT2D eigenvalue weighted by Crippen LogP contribution is 2.68. The van der Waals surface area contributed by atoms with Gasteiger partial charge in [-0.1, -0.05) is 35.2 Å². The Morgan fingerprint density at radius 3 is 2.37 bits per heavy atom. The summed E-state index contributed by atoms with van der Waals surface area (Å²) >= 11 is 3.39. The van der Waals surface area contributed by atoms with Crippen molar-refractivity contribution in [3.63, 3.8) is 0 Å². The maximum atomic E-state index is 13.3. The molecule has 1 aromatic heterocycles. The van der Waals surface area contributed by atoms with Crippen molar-refractivity contribution in [3.05, 3.63) is 44.4 Å². The summed E-state index contributed by atoms with van der Waals surface area (Å²) in [5, 5.41) is 10.8. The number of hydrogen-bond donors (Lipinski definition) is 3. The van der Waals surface area contributed by atoms with Crippen molar-refractivity contribution in [2.75, 3.05) is 6.54 Å². The zero-order chi connectivity index (χ0) is 28.7. The lowest BCUT2D eigenvalue weighted by Crippen LogP contribution is -2.42. The van der Waals surface area contributed by atoms with Gasteiger partial charge in [0.05, 0.1) is 23.3 Å². The third-order valence-corrected chi connectivity index (χ3v) is 12.3. The van der Waals surface area contributed by atoms with Crippen LogP contribution in [0.2, 0.25) is 0 Å². The van der Waals surface area contributed by atoms with Crippen molar-refractivity contribution in [1.29, 1.82) is 0 Å². The van der Waals surface area contributed by atoms with E-state index >= 15 is 0 Å². The Hall–Kier alpha value is -3.43. The molecule has 1 aromatic carbocycles. The first-order chi connectivity index (χ1) is 19.6. The van der Waals surface area contributed by atoms with Gasteiger partial charge < -0.3 is 14.8 Å². The molecule has 2 saturated carbocycles. The highest BCUT2D eigenvalue weighted by molar-refractivity contribution is 8.15. The van der Waals surface area contributed by atoms with Crippen molar-refractivity contribution in [2.24, 2.45) is 29.6 Å². The van der Waals surface area contributed by atoms with E-state index < -0.39 is 58.5 Å². The van der Waals surface area contributed by atoms with Gasteiger partial charge in [-0.25, -0.2) is 0 Å². The zero-order valence-corrected chi connectivity index (χ0v) is 23.4. The monoisotopic (exact) mass is 615 g/mol. The average molecular weight is 616 g/mol. The van der Waals surface area contributed by atoms with Crippen LogP contribution in [0.3, 0.4) is 0 Å². The number of amides is 4. The molecule has 0 radical (unpaired) electrons. The number of carbonyl (C=O) groups is 6. The van der Waals surface area contributed by atoms with Gasteiger partial charge in [-0.05, 0) is 41.9 Å². The number of carboxylic acids is 1. The molecule has 5 aliphatic rings. The number of aliphatic carboxylic acids is 1. The maximum absolute atomic E-state index is 13.3. The van der Waals surface area contributed by atoms with Crippen LogP contribution in [-0.4, -0.2) is 66.9 Å². The van der Waals surface area contributed by atoms with Crippen molar-refractivity contribution >= 4 is 69.8 Å². The van der Waals surface area contributed by atoms with Gasteiger partial charge in [0.25, 0.3) is 5.24 Å². The number of carbonyl (C=O) groups excluding carboxylic acids is 5. The molecule has 8 atom stereocenters. The number of nitrogens with zero attached hydrogens (tertiary/aromatic N) is 1. The highest BCUT2D eigenvalue weighted by atomic mass is 32.2. The van der Waals surface area contributed by atoms with Crippen LogP contribution >= 0.6 is 34.9 Å². The summed E-state index contributed by atoms with van der Waals surface area (Å²) in [6, 6.07) is 6.86. The molecule has 4 heterocycles. The normalized spacial score (nSPS) is 33.0. The second kappa shape index (κ2) is 9.56. The van der Waals surface area contributed by atoms with Crippen LogP contribution in [0.25, 0.3) is 0 Å². The molecular weight excluding hydrogens is 594 g/mol. The number of nitrogens with one attached hydrogen (secondary N) is 2. The van der Waals surface area contributed by atoms with E-state index in [1.165, 1.54) is 11.8 Å². The summed E-state index contributed by atoms with van der Waals surface area (Å²) in [5.74, 6) is -4.71. The average Bonchev–Trinajstić information content (AvgIpc) is 3.69. The molecule has 4 fully saturated rings. The first-order valence-electron chi connectivity index (χ1n) is 12.9. The van der Waals surface area contributed by atoms with Crippen molar-refractivity contribution < 1.29 is 38.6 Å². The minimum absolute atomic E-state index is 0.0409. The summed E-state index contributed by atoms with van der Waals surface area (Å²) in [6.07, 6.45) is 0.419. The summed E-state index contributed by atoms with van der Waals surface area (Å²) < 4.78 is 5.40. The van der Waals surface area contributed by atoms with Crippen LogP contribution in [0, 0.1) is 29.6 Å². The maximum Gasteiger partial charge on any atom is 0.323 e. The van der Waals surface area contributed by atoms with Crippen LogP contribution < -0.4 is 14.9 Å². The Kier molecular flexibility index (Phi) is 6.17. The number of H-pyrrole nitrogens is 1. The van der Waals surface area contributed by atoms with E-state index in [1.807, 2.05) is 0 Å². The molecule has 4 amide bonds. The van der Waals surface area contributed by atoms with E-state index in [0.29, 0.717) is 6.42 Å². The number of rotatable bonds is 6. The van der Waals surface area contributed by atoms with Crippen LogP contribution in [0.1, 0.15) is 29.2 Å². The van der Waals surface area contributed by atoms with Crippen LogP contribution in [0.5, 0.6) is 5.75 Å². The number of carboxylic acid groups (broad SMARTS) is 1. The number of aromatic nitrogens is 1. The van der Waals surface area contributed by atoms with Gasteiger partial charge in [0.1, 0.15) is 17.5 Å². The third kappa shape index (κ3) is 4.15. The van der Waals surface area contributed by atoms with Gasteiger partial charge in [-0.2, -0.15) is 0 Å². The van der Waals surface area contributed by atoms with Crippen LogP contribution in [0.4, 0.5) is 4.79 Å². The topological polar surface area (TPSA) is 180 Å². The lowest BCUT2D eigenvalue weighted by atomic mass is 9.68. The number of likely N-dealkylation sites (tertiary alicyclic amines) is 1. The molecular formula is C26H21N3O9S3.